The number of nitrogen functional groups attached to an aromatic ring is 1. The Hall–Kier alpha value is -2.66. The summed E-state index contributed by atoms with van der Waals surface area (Å²) in [4.78, 5) is 49.0. The molecule has 0 saturated carbocycles. The van der Waals surface area contributed by atoms with Crippen LogP contribution in [0.5, 0.6) is 0 Å². The van der Waals surface area contributed by atoms with Crippen LogP contribution in [0.4, 0.5) is 11.5 Å². The van der Waals surface area contributed by atoms with Crippen molar-refractivity contribution in [2.45, 2.75) is 31.5 Å². The van der Waals surface area contributed by atoms with Crippen LogP contribution in [-0.4, -0.2) is 51.4 Å². The van der Waals surface area contributed by atoms with Gasteiger partial charge in [0, 0.05) is 32.6 Å². The van der Waals surface area contributed by atoms with Crippen molar-refractivity contribution in [3.8, 4) is 0 Å². The number of nitrogens with zero attached hydrogens (tertiary/aromatic N) is 4. The predicted octanol–water partition coefficient (Wildman–Crippen LogP) is 0.481. The Morgan fingerprint density at radius 3 is 2.71 bits per heavy atom. The van der Waals surface area contributed by atoms with Crippen molar-refractivity contribution in [2.75, 3.05) is 36.6 Å². The molecule has 0 spiro atoms. The van der Waals surface area contributed by atoms with Crippen molar-refractivity contribution in [3.05, 3.63) is 39.3 Å². The topological polar surface area (TPSA) is 136 Å². The summed E-state index contributed by atoms with van der Waals surface area (Å²) in [6, 6.07) is 1.68. The molecule has 2 aromatic heterocycles. The fourth-order valence-corrected chi connectivity index (χ4v) is 3.16. The number of aromatic amines is 1. The van der Waals surface area contributed by atoms with Gasteiger partial charge in [0.15, 0.2) is 10.8 Å². The summed E-state index contributed by atoms with van der Waals surface area (Å²) in [5.74, 6) is -0.402. The molecule has 0 aliphatic carbocycles. The van der Waals surface area contributed by atoms with Gasteiger partial charge in [-0.15, -0.1) is 0 Å². The number of anilines is 2. The van der Waals surface area contributed by atoms with E-state index in [0.717, 1.165) is 18.2 Å². The SMILES string of the molecule is CCCCn1c(N)c(N(CCOC)C(=O)CSc2ncccn2)c(=O)[nH]c1=O. The van der Waals surface area contributed by atoms with Gasteiger partial charge in [-0.1, -0.05) is 25.1 Å². The molecule has 0 fully saturated rings. The van der Waals surface area contributed by atoms with Gasteiger partial charge in [0.1, 0.15) is 5.82 Å². The third-order valence-corrected chi connectivity index (χ3v) is 4.77. The second-order valence-corrected chi connectivity index (χ2v) is 6.80. The first-order valence-corrected chi connectivity index (χ1v) is 9.79. The fourth-order valence-electron chi connectivity index (χ4n) is 2.48. The molecule has 28 heavy (non-hydrogen) atoms. The molecule has 0 atom stereocenters. The van der Waals surface area contributed by atoms with Crippen LogP contribution < -0.4 is 21.9 Å². The second kappa shape index (κ2) is 10.6. The van der Waals surface area contributed by atoms with Gasteiger partial charge in [0.2, 0.25) is 5.91 Å². The van der Waals surface area contributed by atoms with Gasteiger partial charge in [-0.2, -0.15) is 0 Å². The quantitative estimate of drug-likeness (QED) is 0.428. The van der Waals surface area contributed by atoms with Gasteiger partial charge in [0.25, 0.3) is 5.56 Å². The van der Waals surface area contributed by atoms with Gasteiger partial charge >= 0.3 is 5.69 Å². The number of aromatic nitrogens is 4. The molecule has 0 radical (unpaired) electrons. The normalized spacial score (nSPS) is 10.8. The molecule has 0 bridgehead atoms. The molecule has 2 aromatic rings. The molecule has 2 rings (SSSR count). The number of hydrogen-bond donors (Lipinski definition) is 2. The summed E-state index contributed by atoms with van der Waals surface area (Å²) in [5, 5.41) is 0.442. The highest BCUT2D eigenvalue weighted by atomic mass is 32.2. The summed E-state index contributed by atoms with van der Waals surface area (Å²) >= 11 is 1.14. The third-order valence-electron chi connectivity index (χ3n) is 3.91. The van der Waals surface area contributed by atoms with Gasteiger partial charge in [0.05, 0.1) is 12.4 Å². The number of rotatable bonds is 10. The minimum Gasteiger partial charge on any atom is -0.383 e. The first-order valence-electron chi connectivity index (χ1n) is 8.81. The minimum absolute atomic E-state index is 0.000689. The van der Waals surface area contributed by atoms with Crippen molar-refractivity contribution >= 4 is 29.2 Å². The van der Waals surface area contributed by atoms with E-state index in [2.05, 4.69) is 15.0 Å². The molecule has 10 nitrogen and oxygen atoms in total. The molecule has 0 saturated heterocycles. The maximum Gasteiger partial charge on any atom is 0.330 e. The number of nitrogens with one attached hydrogen (secondary N) is 1. The van der Waals surface area contributed by atoms with Gasteiger partial charge in [-0.05, 0) is 12.5 Å². The Labute approximate surface area is 166 Å². The highest BCUT2D eigenvalue weighted by Gasteiger charge is 2.24. The van der Waals surface area contributed by atoms with E-state index in [-0.39, 0.29) is 36.3 Å². The minimum atomic E-state index is -0.708. The number of carbonyl (C=O) groups excluding carboxylic acids is 1. The summed E-state index contributed by atoms with van der Waals surface area (Å²) in [6.45, 7) is 2.64. The Morgan fingerprint density at radius 1 is 1.36 bits per heavy atom. The lowest BCUT2D eigenvalue weighted by molar-refractivity contribution is -0.116. The fraction of sp³-hybridized carbons (Fsp3) is 0.471. The molecular weight excluding hydrogens is 384 g/mol. The number of nitrogens with two attached hydrogens (primary N) is 1. The molecule has 0 aliphatic heterocycles. The van der Waals surface area contributed by atoms with Crippen LogP contribution in [0, 0.1) is 0 Å². The monoisotopic (exact) mass is 408 g/mol. The van der Waals surface area contributed by atoms with E-state index in [4.69, 9.17) is 10.5 Å². The smallest absolute Gasteiger partial charge is 0.330 e. The molecule has 1 amide bonds. The van der Waals surface area contributed by atoms with E-state index in [9.17, 15) is 14.4 Å². The molecule has 11 heteroatoms. The van der Waals surface area contributed by atoms with E-state index in [1.165, 1.54) is 16.6 Å². The zero-order valence-corrected chi connectivity index (χ0v) is 16.7. The zero-order valence-electron chi connectivity index (χ0n) is 15.9. The Morgan fingerprint density at radius 2 is 2.07 bits per heavy atom. The van der Waals surface area contributed by atoms with Crippen molar-refractivity contribution < 1.29 is 9.53 Å². The third kappa shape index (κ3) is 5.42. The molecule has 0 aliphatic rings. The zero-order chi connectivity index (χ0) is 20.5. The van der Waals surface area contributed by atoms with Crippen molar-refractivity contribution in [3.63, 3.8) is 0 Å². The maximum absolute atomic E-state index is 12.8. The number of amides is 1. The van der Waals surface area contributed by atoms with Crippen LogP contribution in [0.25, 0.3) is 0 Å². The predicted molar refractivity (Wildman–Crippen MR) is 108 cm³/mol. The van der Waals surface area contributed by atoms with Gasteiger partial charge in [-0.25, -0.2) is 14.8 Å². The largest absolute Gasteiger partial charge is 0.383 e. The molecule has 0 aromatic carbocycles. The van der Waals surface area contributed by atoms with E-state index in [0.29, 0.717) is 18.1 Å². The van der Waals surface area contributed by atoms with Crippen LogP contribution in [0.15, 0.2) is 33.2 Å². The van der Waals surface area contributed by atoms with Crippen LogP contribution in [0.1, 0.15) is 19.8 Å². The van der Waals surface area contributed by atoms with Crippen LogP contribution >= 0.6 is 11.8 Å². The average Bonchev–Trinajstić information content (AvgIpc) is 2.69. The van der Waals surface area contributed by atoms with Crippen LogP contribution in [0.2, 0.25) is 0 Å². The summed E-state index contributed by atoms with van der Waals surface area (Å²) < 4.78 is 6.34. The lowest BCUT2D eigenvalue weighted by Crippen LogP contribution is -2.43. The van der Waals surface area contributed by atoms with E-state index in [1.807, 2.05) is 6.92 Å². The lowest BCUT2D eigenvalue weighted by Gasteiger charge is -2.24. The average molecular weight is 408 g/mol. The Bertz CT molecular complexity index is 899. The van der Waals surface area contributed by atoms with E-state index < -0.39 is 11.2 Å². The van der Waals surface area contributed by atoms with Crippen molar-refractivity contribution in [1.29, 1.82) is 0 Å². The van der Waals surface area contributed by atoms with Crippen LogP contribution in [0.3, 0.4) is 0 Å². The highest BCUT2D eigenvalue weighted by Crippen LogP contribution is 2.20. The van der Waals surface area contributed by atoms with Crippen LogP contribution in [-0.2, 0) is 16.1 Å². The van der Waals surface area contributed by atoms with Gasteiger partial charge in [-0.3, -0.25) is 19.1 Å². The number of unbranched alkanes of at least 4 members (excludes halogenated alkanes) is 1. The lowest BCUT2D eigenvalue weighted by atomic mass is 10.3. The number of hydrogen-bond acceptors (Lipinski definition) is 8. The van der Waals surface area contributed by atoms with Crippen molar-refractivity contribution in [1.82, 2.24) is 19.5 Å². The highest BCUT2D eigenvalue weighted by molar-refractivity contribution is 7.99. The van der Waals surface area contributed by atoms with E-state index >= 15 is 0 Å². The molecular formula is C17H24N6O4S. The first kappa shape index (κ1) is 21.6. The summed E-state index contributed by atoms with van der Waals surface area (Å²) in [7, 11) is 1.49. The molecule has 0 unspecified atom stereocenters. The first-order chi connectivity index (χ1) is 13.5. The van der Waals surface area contributed by atoms with E-state index in [1.54, 1.807) is 18.5 Å². The standard InChI is InChI=1S/C17H24N6O4S/c1-3-4-8-23-14(18)13(15(25)21-17(23)26)22(9-10-27-2)12(24)11-28-16-19-6-5-7-20-16/h5-7H,3-4,8-11,18H2,1-2H3,(H,21,25,26). The number of carbonyl (C=O) groups is 1. The maximum atomic E-state index is 12.8. The summed E-state index contributed by atoms with van der Waals surface area (Å²) in [6.07, 6.45) is 4.72. The van der Waals surface area contributed by atoms with Crippen molar-refractivity contribution in [2.24, 2.45) is 0 Å². The molecule has 152 valence electrons. The second-order valence-electron chi connectivity index (χ2n) is 5.86. The molecule has 2 heterocycles. The summed E-state index contributed by atoms with van der Waals surface area (Å²) in [5.41, 5.74) is 4.77. The Kier molecular flexibility index (Phi) is 8.20. The number of methoxy groups -OCH3 is 1. The number of ether oxygens (including phenoxy) is 1. The Balaban J connectivity index is 2.34. The number of thioether (sulfide) groups is 1. The molecule has 3 N–H and O–H groups in total. The number of H-pyrrole nitrogens is 1. The van der Waals surface area contributed by atoms with Gasteiger partial charge < -0.3 is 15.4 Å².